The standard InChI is InChI=1S/C18H35NO3/c1-5-6-7-8-9-10-11-12-13-14-17(20)19(15(2)3)16(4)18(21)22/h15-16H,5-14H2,1-4H3,(H,21,22). The Kier molecular flexibility index (Phi) is 11.9. The number of nitrogens with zero attached hydrogens (tertiary/aromatic N) is 1. The van der Waals surface area contributed by atoms with Crippen LogP contribution in [0.15, 0.2) is 0 Å². The van der Waals surface area contributed by atoms with Crippen LogP contribution in [0, 0.1) is 0 Å². The van der Waals surface area contributed by atoms with Gasteiger partial charge in [0.2, 0.25) is 5.91 Å². The minimum atomic E-state index is -0.936. The number of carboxylic acids is 1. The molecule has 130 valence electrons. The van der Waals surface area contributed by atoms with E-state index in [1.165, 1.54) is 49.8 Å². The zero-order chi connectivity index (χ0) is 17.0. The first kappa shape index (κ1) is 20.9. The van der Waals surface area contributed by atoms with E-state index in [0.717, 1.165) is 12.8 Å². The number of rotatable bonds is 13. The largest absolute Gasteiger partial charge is 0.480 e. The van der Waals surface area contributed by atoms with Gasteiger partial charge in [0.05, 0.1) is 0 Å². The second-order valence-electron chi connectivity index (χ2n) is 6.49. The third kappa shape index (κ3) is 9.06. The highest BCUT2D eigenvalue weighted by atomic mass is 16.4. The Labute approximate surface area is 136 Å². The van der Waals surface area contributed by atoms with E-state index in [0.29, 0.717) is 6.42 Å². The number of unbranched alkanes of at least 4 members (excludes halogenated alkanes) is 8. The number of aliphatic carboxylic acids is 1. The highest BCUT2D eigenvalue weighted by molar-refractivity contribution is 5.83. The molecule has 0 spiro atoms. The maximum Gasteiger partial charge on any atom is 0.326 e. The predicted molar refractivity (Wildman–Crippen MR) is 90.9 cm³/mol. The highest BCUT2D eigenvalue weighted by Crippen LogP contribution is 2.13. The van der Waals surface area contributed by atoms with Gasteiger partial charge in [-0.05, 0) is 27.2 Å². The molecule has 0 aliphatic rings. The third-order valence-electron chi connectivity index (χ3n) is 4.11. The van der Waals surface area contributed by atoms with Crippen molar-refractivity contribution < 1.29 is 14.7 Å². The lowest BCUT2D eigenvalue weighted by molar-refractivity contribution is -0.151. The van der Waals surface area contributed by atoms with Gasteiger partial charge in [0.15, 0.2) is 0 Å². The lowest BCUT2D eigenvalue weighted by atomic mass is 10.1. The van der Waals surface area contributed by atoms with E-state index in [2.05, 4.69) is 6.92 Å². The molecule has 0 aromatic heterocycles. The molecule has 22 heavy (non-hydrogen) atoms. The SMILES string of the molecule is CCCCCCCCCCCC(=O)N(C(C)C)C(C)C(=O)O. The van der Waals surface area contributed by atoms with Crippen LogP contribution in [0.2, 0.25) is 0 Å². The molecule has 1 atom stereocenters. The summed E-state index contributed by atoms with van der Waals surface area (Å²) in [6.45, 7) is 7.54. The van der Waals surface area contributed by atoms with E-state index in [9.17, 15) is 9.59 Å². The molecule has 1 N–H and O–H groups in total. The van der Waals surface area contributed by atoms with Crippen molar-refractivity contribution in [2.45, 2.75) is 104 Å². The molecule has 0 bridgehead atoms. The van der Waals surface area contributed by atoms with Gasteiger partial charge >= 0.3 is 5.97 Å². The molecular weight excluding hydrogens is 278 g/mol. The molecule has 0 heterocycles. The predicted octanol–water partition coefficient (Wildman–Crippen LogP) is 4.62. The zero-order valence-electron chi connectivity index (χ0n) is 14.9. The van der Waals surface area contributed by atoms with Crippen LogP contribution in [0.4, 0.5) is 0 Å². The molecule has 0 rings (SSSR count). The summed E-state index contributed by atoms with van der Waals surface area (Å²) in [6.07, 6.45) is 11.4. The average molecular weight is 313 g/mol. The third-order valence-corrected chi connectivity index (χ3v) is 4.11. The molecule has 0 aliphatic carbocycles. The molecule has 0 aromatic rings. The Balaban J connectivity index is 3.84. The molecule has 0 aliphatic heterocycles. The van der Waals surface area contributed by atoms with Crippen LogP contribution in [-0.2, 0) is 9.59 Å². The Morgan fingerprint density at radius 3 is 1.73 bits per heavy atom. The zero-order valence-corrected chi connectivity index (χ0v) is 14.9. The monoisotopic (exact) mass is 313 g/mol. The lowest BCUT2D eigenvalue weighted by Gasteiger charge is -2.30. The van der Waals surface area contributed by atoms with Gasteiger partial charge in [0, 0.05) is 12.5 Å². The van der Waals surface area contributed by atoms with Gasteiger partial charge in [-0.3, -0.25) is 4.79 Å². The van der Waals surface area contributed by atoms with Gasteiger partial charge in [0.1, 0.15) is 6.04 Å². The summed E-state index contributed by atoms with van der Waals surface area (Å²) in [7, 11) is 0. The van der Waals surface area contributed by atoms with E-state index in [-0.39, 0.29) is 11.9 Å². The number of hydrogen-bond acceptors (Lipinski definition) is 2. The van der Waals surface area contributed by atoms with Crippen LogP contribution in [0.1, 0.15) is 91.9 Å². The summed E-state index contributed by atoms with van der Waals surface area (Å²) in [5.41, 5.74) is 0. The van der Waals surface area contributed by atoms with Gasteiger partial charge < -0.3 is 10.0 Å². The fourth-order valence-electron chi connectivity index (χ4n) is 2.79. The number of carbonyl (C=O) groups excluding carboxylic acids is 1. The number of carbonyl (C=O) groups is 2. The molecule has 1 amide bonds. The summed E-state index contributed by atoms with van der Waals surface area (Å²) in [5, 5.41) is 9.09. The lowest BCUT2D eigenvalue weighted by Crippen LogP contribution is -2.47. The van der Waals surface area contributed by atoms with Crippen molar-refractivity contribution in [1.82, 2.24) is 4.90 Å². The van der Waals surface area contributed by atoms with Crippen molar-refractivity contribution in [3.05, 3.63) is 0 Å². The second kappa shape index (κ2) is 12.5. The molecular formula is C18H35NO3. The van der Waals surface area contributed by atoms with E-state index in [1.807, 2.05) is 13.8 Å². The summed E-state index contributed by atoms with van der Waals surface area (Å²) < 4.78 is 0. The summed E-state index contributed by atoms with van der Waals surface area (Å²) >= 11 is 0. The highest BCUT2D eigenvalue weighted by Gasteiger charge is 2.27. The van der Waals surface area contributed by atoms with Gasteiger partial charge in [-0.2, -0.15) is 0 Å². The molecule has 0 saturated carbocycles. The normalized spacial score (nSPS) is 12.4. The van der Waals surface area contributed by atoms with E-state index in [4.69, 9.17) is 5.11 Å². The summed E-state index contributed by atoms with van der Waals surface area (Å²) in [5.74, 6) is -0.970. The Morgan fingerprint density at radius 1 is 0.864 bits per heavy atom. The molecule has 0 fully saturated rings. The van der Waals surface area contributed by atoms with Crippen molar-refractivity contribution in [1.29, 1.82) is 0 Å². The van der Waals surface area contributed by atoms with Gasteiger partial charge in [-0.25, -0.2) is 4.79 Å². The first-order valence-electron chi connectivity index (χ1n) is 8.95. The fourth-order valence-corrected chi connectivity index (χ4v) is 2.79. The van der Waals surface area contributed by atoms with E-state index < -0.39 is 12.0 Å². The maximum absolute atomic E-state index is 12.2. The summed E-state index contributed by atoms with van der Waals surface area (Å²) in [4.78, 5) is 24.8. The summed E-state index contributed by atoms with van der Waals surface area (Å²) in [6, 6.07) is -0.816. The van der Waals surface area contributed by atoms with Gasteiger partial charge in [0.25, 0.3) is 0 Å². The molecule has 0 aromatic carbocycles. The van der Waals surface area contributed by atoms with Crippen molar-refractivity contribution in [3.63, 3.8) is 0 Å². The first-order valence-corrected chi connectivity index (χ1v) is 8.95. The Bertz CT molecular complexity index is 315. The quantitative estimate of drug-likeness (QED) is 0.505. The first-order chi connectivity index (χ1) is 10.4. The smallest absolute Gasteiger partial charge is 0.326 e. The van der Waals surface area contributed by atoms with Crippen molar-refractivity contribution in [3.8, 4) is 0 Å². The van der Waals surface area contributed by atoms with Crippen LogP contribution >= 0.6 is 0 Å². The fraction of sp³-hybridized carbons (Fsp3) is 0.889. The van der Waals surface area contributed by atoms with Crippen molar-refractivity contribution >= 4 is 11.9 Å². The van der Waals surface area contributed by atoms with Crippen LogP contribution in [0.5, 0.6) is 0 Å². The molecule has 0 saturated heterocycles. The van der Waals surface area contributed by atoms with E-state index >= 15 is 0 Å². The Morgan fingerprint density at radius 2 is 1.32 bits per heavy atom. The van der Waals surface area contributed by atoms with Gasteiger partial charge in [-0.15, -0.1) is 0 Å². The topological polar surface area (TPSA) is 57.6 Å². The number of carboxylic acid groups (broad SMARTS) is 1. The van der Waals surface area contributed by atoms with Gasteiger partial charge in [-0.1, -0.05) is 58.3 Å². The average Bonchev–Trinajstić information content (AvgIpc) is 2.45. The second-order valence-corrected chi connectivity index (χ2v) is 6.49. The van der Waals surface area contributed by atoms with Crippen LogP contribution in [0.25, 0.3) is 0 Å². The van der Waals surface area contributed by atoms with E-state index in [1.54, 1.807) is 6.92 Å². The minimum absolute atomic E-state index is 0.0344. The number of hydrogen-bond donors (Lipinski definition) is 1. The molecule has 4 heteroatoms. The minimum Gasteiger partial charge on any atom is -0.480 e. The van der Waals surface area contributed by atoms with Crippen LogP contribution in [-0.4, -0.2) is 34.0 Å². The van der Waals surface area contributed by atoms with Crippen LogP contribution < -0.4 is 0 Å². The maximum atomic E-state index is 12.2. The molecule has 1 unspecified atom stereocenters. The molecule has 4 nitrogen and oxygen atoms in total. The van der Waals surface area contributed by atoms with Crippen LogP contribution in [0.3, 0.4) is 0 Å². The number of amides is 1. The van der Waals surface area contributed by atoms with Crippen molar-refractivity contribution in [2.24, 2.45) is 0 Å². The molecule has 0 radical (unpaired) electrons. The Hall–Kier alpha value is -1.06. The van der Waals surface area contributed by atoms with Crippen molar-refractivity contribution in [2.75, 3.05) is 0 Å².